The molecule has 0 aromatic carbocycles. The molecule has 0 bridgehead atoms. The van der Waals surface area contributed by atoms with Crippen LogP contribution in [0.25, 0.3) is 0 Å². The van der Waals surface area contributed by atoms with Gasteiger partial charge in [0.2, 0.25) is 11.8 Å². The molecular formula is C16H16N2O5S2. The molecule has 1 unspecified atom stereocenters. The van der Waals surface area contributed by atoms with Crippen LogP contribution in [0.5, 0.6) is 0 Å². The number of nitrogens with zero attached hydrogens (tertiary/aromatic N) is 1. The first kappa shape index (κ1) is 17.7. The van der Waals surface area contributed by atoms with E-state index in [0.717, 1.165) is 4.88 Å². The van der Waals surface area contributed by atoms with Crippen molar-refractivity contribution in [3.63, 3.8) is 0 Å². The van der Waals surface area contributed by atoms with Gasteiger partial charge in [0.15, 0.2) is 0 Å². The summed E-state index contributed by atoms with van der Waals surface area (Å²) in [6.07, 6.45) is 0.882. The Labute approximate surface area is 152 Å². The van der Waals surface area contributed by atoms with Crippen molar-refractivity contribution in [2.24, 2.45) is 0 Å². The summed E-state index contributed by atoms with van der Waals surface area (Å²) >= 11 is 2.82. The molecule has 3 rings (SSSR count). The maximum atomic E-state index is 12.4. The molecule has 0 aliphatic carbocycles. The molecule has 0 radical (unpaired) electrons. The third kappa shape index (κ3) is 3.62. The number of ether oxygens (including phenoxy) is 1. The summed E-state index contributed by atoms with van der Waals surface area (Å²) in [6.45, 7) is 1.25. The number of esters is 1. The van der Waals surface area contributed by atoms with Crippen molar-refractivity contribution < 1.29 is 23.9 Å². The number of hydrogen-bond donors (Lipinski definition) is 1. The Hall–Kier alpha value is -2.13. The van der Waals surface area contributed by atoms with E-state index in [2.05, 4.69) is 5.32 Å². The summed E-state index contributed by atoms with van der Waals surface area (Å²) < 4.78 is 4.92. The van der Waals surface area contributed by atoms with Gasteiger partial charge in [-0.2, -0.15) is 0 Å². The molecule has 132 valence electrons. The minimum atomic E-state index is -0.761. The molecule has 2 amide bonds. The van der Waals surface area contributed by atoms with Crippen molar-refractivity contribution in [1.29, 1.82) is 0 Å². The fourth-order valence-corrected chi connectivity index (χ4v) is 4.65. The van der Waals surface area contributed by atoms with Gasteiger partial charge in [0.1, 0.15) is 30.4 Å². The number of β-lactam (4-membered cyclic amide) rings is 1. The van der Waals surface area contributed by atoms with E-state index < -0.39 is 18.1 Å². The zero-order valence-electron chi connectivity index (χ0n) is 13.3. The minimum absolute atomic E-state index is 0.0301. The molecule has 1 N–H and O–H groups in total. The number of aldehydes is 1. The zero-order chi connectivity index (χ0) is 18.0. The van der Waals surface area contributed by atoms with Crippen LogP contribution in [-0.2, 0) is 30.3 Å². The standard InChI is InChI=1S/C16H16N2O5S2/c1-9(20)23-7-10-8-25-16-14(15(22)18(16)12(10)6-19)17-13(21)5-11-3-2-4-24-11/h2-4,6,8,12,14,16H,5,7H2,1H3,(H,17,21)/t12?,14-,16-/m1/s1. The number of rotatable bonds is 6. The van der Waals surface area contributed by atoms with Crippen molar-refractivity contribution in [3.05, 3.63) is 33.4 Å². The van der Waals surface area contributed by atoms with Gasteiger partial charge in [-0.3, -0.25) is 14.4 Å². The van der Waals surface area contributed by atoms with Gasteiger partial charge in [0.25, 0.3) is 0 Å². The van der Waals surface area contributed by atoms with Gasteiger partial charge in [0, 0.05) is 17.4 Å². The van der Waals surface area contributed by atoms with Crippen LogP contribution >= 0.6 is 23.1 Å². The number of carbonyl (C=O) groups excluding carboxylic acids is 4. The van der Waals surface area contributed by atoms with Crippen LogP contribution in [0.4, 0.5) is 0 Å². The molecule has 1 aromatic rings. The highest BCUT2D eigenvalue weighted by Crippen LogP contribution is 2.39. The number of nitrogens with one attached hydrogen (secondary N) is 1. The van der Waals surface area contributed by atoms with Gasteiger partial charge in [-0.25, -0.2) is 0 Å². The van der Waals surface area contributed by atoms with Crippen LogP contribution < -0.4 is 5.32 Å². The van der Waals surface area contributed by atoms with Crippen LogP contribution in [0.1, 0.15) is 11.8 Å². The van der Waals surface area contributed by atoms with Gasteiger partial charge in [-0.1, -0.05) is 6.07 Å². The fourth-order valence-electron chi connectivity index (χ4n) is 2.72. The smallest absolute Gasteiger partial charge is 0.302 e. The Bertz CT molecular complexity index is 731. The Morgan fingerprint density at radius 1 is 1.44 bits per heavy atom. The third-order valence-electron chi connectivity index (χ3n) is 3.92. The topological polar surface area (TPSA) is 92.8 Å². The SMILES string of the molecule is CC(=O)OCC1=CS[C@@H]2[C@H](NC(=O)Cc3cccs3)C(=O)N2C1C=O. The van der Waals surface area contributed by atoms with E-state index in [1.165, 1.54) is 34.9 Å². The molecule has 1 fully saturated rings. The molecule has 7 nitrogen and oxygen atoms in total. The second-order valence-electron chi connectivity index (χ2n) is 5.63. The maximum absolute atomic E-state index is 12.4. The molecule has 0 spiro atoms. The number of thioether (sulfide) groups is 1. The van der Waals surface area contributed by atoms with E-state index >= 15 is 0 Å². The lowest BCUT2D eigenvalue weighted by atomic mass is 9.99. The van der Waals surface area contributed by atoms with Gasteiger partial charge in [-0.05, 0) is 16.9 Å². The predicted molar refractivity (Wildman–Crippen MR) is 92.7 cm³/mol. The lowest BCUT2D eigenvalue weighted by Crippen LogP contribution is -2.73. The summed E-state index contributed by atoms with van der Waals surface area (Å²) in [7, 11) is 0. The number of amides is 2. The molecule has 9 heteroatoms. The first-order chi connectivity index (χ1) is 12.0. The average molecular weight is 380 g/mol. The summed E-state index contributed by atoms with van der Waals surface area (Å²) in [6, 6.07) is 2.32. The average Bonchev–Trinajstić information content (AvgIpc) is 3.09. The minimum Gasteiger partial charge on any atom is -0.461 e. The van der Waals surface area contributed by atoms with E-state index in [0.29, 0.717) is 11.9 Å². The zero-order valence-corrected chi connectivity index (χ0v) is 15.0. The van der Waals surface area contributed by atoms with E-state index in [4.69, 9.17) is 4.74 Å². The van der Waals surface area contributed by atoms with Crippen molar-refractivity contribution in [3.8, 4) is 0 Å². The van der Waals surface area contributed by atoms with Crippen LogP contribution in [0.2, 0.25) is 0 Å². The van der Waals surface area contributed by atoms with Crippen LogP contribution in [0.3, 0.4) is 0 Å². The number of fused-ring (bicyclic) bond motifs is 1. The quantitative estimate of drug-likeness (QED) is 0.444. The molecule has 1 aromatic heterocycles. The third-order valence-corrected chi connectivity index (χ3v) is 6.01. The number of thiophene rings is 1. The van der Waals surface area contributed by atoms with Crippen LogP contribution in [0, 0.1) is 0 Å². The van der Waals surface area contributed by atoms with Crippen molar-refractivity contribution >= 4 is 47.2 Å². The molecule has 3 heterocycles. The largest absolute Gasteiger partial charge is 0.461 e. The summed E-state index contributed by atoms with van der Waals surface area (Å²) in [5.41, 5.74) is 0.558. The highest BCUT2D eigenvalue weighted by Gasteiger charge is 2.53. The molecule has 3 atom stereocenters. The monoisotopic (exact) mass is 380 g/mol. The predicted octanol–water partition coefficient (Wildman–Crippen LogP) is 0.705. The summed E-state index contributed by atoms with van der Waals surface area (Å²) in [5.74, 6) is -0.979. The van der Waals surface area contributed by atoms with Gasteiger partial charge in [0.05, 0.1) is 6.42 Å². The van der Waals surface area contributed by atoms with Crippen molar-refractivity contribution in [2.45, 2.75) is 30.8 Å². The highest BCUT2D eigenvalue weighted by molar-refractivity contribution is 8.02. The molecule has 1 saturated heterocycles. The van der Waals surface area contributed by atoms with Gasteiger partial charge in [-0.15, -0.1) is 23.1 Å². The van der Waals surface area contributed by atoms with Crippen molar-refractivity contribution in [1.82, 2.24) is 10.2 Å². The highest BCUT2D eigenvalue weighted by atomic mass is 32.2. The van der Waals surface area contributed by atoms with Gasteiger partial charge >= 0.3 is 5.97 Å². The molecule has 0 saturated carbocycles. The second-order valence-corrected chi connectivity index (χ2v) is 7.65. The Balaban J connectivity index is 1.63. The summed E-state index contributed by atoms with van der Waals surface area (Å²) in [5, 5.41) is 6.03. The normalized spacial score (nSPS) is 24.7. The summed E-state index contributed by atoms with van der Waals surface area (Å²) in [4.78, 5) is 49.2. The molecule has 25 heavy (non-hydrogen) atoms. The van der Waals surface area contributed by atoms with E-state index in [1.807, 2.05) is 17.5 Å². The van der Waals surface area contributed by atoms with E-state index in [-0.39, 0.29) is 30.2 Å². The molecular weight excluding hydrogens is 364 g/mol. The molecule has 2 aliphatic rings. The Morgan fingerprint density at radius 2 is 2.24 bits per heavy atom. The first-order valence-corrected chi connectivity index (χ1v) is 9.40. The van der Waals surface area contributed by atoms with E-state index in [9.17, 15) is 19.2 Å². The Morgan fingerprint density at radius 3 is 2.88 bits per heavy atom. The van der Waals surface area contributed by atoms with Crippen LogP contribution in [-0.4, -0.2) is 53.0 Å². The van der Waals surface area contributed by atoms with Crippen molar-refractivity contribution in [2.75, 3.05) is 6.61 Å². The number of carbonyl (C=O) groups is 4. The second kappa shape index (κ2) is 7.40. The van der Waals surface area contributed by atoms with Gasteiger partial charge < -0.3 is 19.7 Å². The molecule has 2 aliphatic heterocycles. The van der Waals surface area contributed by atoms with E-state index in [1.54, 1.807) is 5.41 Å². The number of hydrogen-bond acceptors (Lipinski definition) is 7. The lowest BCUT2D eigenvalue weighted by Gasteiger charge is -2.51. The Kier molecular flexibility index (Phi) is 5.24. The maximum Gasteiger partial charge on any atom is 0.302 e. The first-order valence-electron chi connectivity index (χ1n) is 7.58. The lowest BCUT2D eigenvalue weighted by molar-refractivity contribution is -0.153. The fraction of sp³-hybridized carbons (Fsp3) is 0.375. The van der Waals surface area contributed by atoms with Crippen LogP contribution in [0.15, 0.2) is 28.5 Å².